The van der Waals surface area contributed by atoms with E-state index in [1.807, 2.05) is 0 Å². The standard InChI is InChI=1S/C20H34O3/c1-13-7-9-17-19(3,4)18(23)10-11-20(17,5)15(13)8-6-14(2)16(22)12-21/h15-18,21-23H,1-2,6-12H2,3-5H3/t15-,16+,17-,18+,20+/m1/s1. The van der Waals surface area contributed by atoms with E-state index in [0.29, 0.717) is 17.4 Å². The first-order chi connectivity index (χ1) is 10.6. The first-order valence-corrected chi connectivity index (χ1v) is 8.97. The quantitative estimate of drug-likeness (QED) is 0.680. The fourth-order valence-electron chi connectivity index (χ4n) is 5.32. The van der Waals surface area contributed by atoms with Crippen molar-refractivity contribution < 1.29 is 15.3 Å². The van der Waals surface area contributed by atoms with Crippen molar-refractivity contribution in [1.82, 2.24) is 0 Å². The smallest absolute Gasteiger partial charge is 0.0978 e. The summed E-state index contributed by atoms with van der Waals surface area (Å²) in [6.07, 6.45) is 4.61. The van der Waals surface area contributed by atoms with Crippen LogP contribution in [0, 0.1) is 22.7 Å². The molecule has 23 heavy (non-hydrogen) atoms. The largest absolute Gasteiger partial charge is 0.393 e. The number of aliphatic hydroxyl groups excluding tert-OH is 3. The molecule has 0 spiro atoms. The van der Waals surface area contributed by atoms with Gasteiger partial charge in [0.05, 0.1) is 18.8 Å². The molecule has 0 heterocycles. The summed E-state index contributed by atoms with van der Waals surface area (Å²) >= 11 is 0. The van der Waals surface area contributed by atoms with Gasteiger partial charge in [-0.05, 0) is 66.8 Å². The first-order valence-electron chi connectivity index (χ1n) is 8.97. The summed E-state index contributed by atoms with van der Waals surface area (Å²) in [7, 11) is 0. The summed E-state index contributed by atoms with van der Waals surface area (Å²) in [6, 6.07) is 0. The van der Waals surface area contributed by atoms with Crippen LogP contribution < -0.4 is 0 Å². The van der Waals surface area contributed by atoms with Gasteiger partial charge in [0.1, 0.15) is 0 Å². The molecule has 0 aromatic carbocycles. The van der Waals surface area contributed by atoms with Gasteiger partial charge in [0, 0.05) is 0 Å². The summed E-state index contributed by atoms with van der Waals surface area (Å²) in [5.74, 6) is 0.890. The molecule has 0 radical (unpaired) electrons. The maximum Gasteiger partial charge on any atom is 0.0978 e. The Labute approximate surface area is 141 Å². The molecule has 3 N–H and O–H groups in total. The molecule has 2 aliphatic carbocycles. The second kappa shape index (κ2) is 6.70. The van der Waals surface area contributed by atoms with E-state index in [2.05, 4.69) is 33.9 Å². The number of fused-ring (bicyclic) bond motifs is 1. The summed E-state index contributed by atoms with van der Waals surface area (Å²) in [5, 5.41) is 29.3. The Morgan fingerprint density at radius 1 is 1.30 bits per heavy atom. The molecule has 0 aromatic heterocycles. The summed E-state index contributed by atoms with van der Waals surface area (Å²) in [4.78, 5) is 0. The molecular weight excluding hydrogens is 288 g/mol. The van der Waals surface area contributed by atoms with Crippen LogP contribution in [0.5, 0.6) is 0 Å². The van der Waals surface area contributed by atoms with E-state index in [4.69, 9.17) is 5.11 Å². The van der Waals surface area contributed by atoms with E-state index < -0.39 is 6.10 Å². The summed E-state index contributed by atoms with van der Waals surface area (Å²) in [6.45, 7) is 14.8. The van der Waals surface area contributed by atoms with E-state index in [1.165, 1.54) is 5.57 Å². The third kappa shape index (κ3) is 3.29. The van der Waals surface area contributed by atoms with Gasteiger partial charge in [-0.25, -0.2) is 0 Å². The lowest BCUT2D eigenvalue weighted by atomic mass is 9.46. The zero-order valence-electron chi connectivity index (χ0n) is 15.0. The number of hydrogen-bond acceptors (Lipinski definition) is 3. The van der Waals surface area contributed by atoms with Gasteiger partial charge in [-0.1, -0.05) is 39.5 Å². The van der Waals surface area contributed by atoms with Crippen molar-refractivity contribution in [1.29, 1.82) is 0 Å². The second-order valence-electron chi connectivity index (χ2n) is 8.58. The lowest BCUT2D eigenvalue weighted by Gasteiger charge is -2.59. The van der Waals surface area contributed by atoms with Gasteiger partial charge in [0.15, 0.2) is 0 Å². The highest BCUT2D eigenvalue weighted by atomic mass is 16.3. The molecule has 2 rings (SSSR count). The molecule has 0 amide bonds. The number of allylic oxidation sites excluding steroid dienone is 1. The van der Waals surface area contributed by atoms with E-state index in [1.54, 1.807) is 0 Å². The Morgan fingerprint density at radius 3 is 2.57 bits per heavy atom. The van der Waals surface area contributed by atoms with Crippen LogP contribution in [0.1, 0.15) is 59.3 Å². The molecule has 2 aliphatic rings. The van der Waals surface area contributed by atoms with E-state index in [9.17, 15) is 10.2 Å². The SMILES string of the molecule is C=C1CC[C@@H]2C(C)(C)[C@@H](O)CC[C@@]2(C)[C@@H]1CCC(=C)[C@@H](O)CO. The summed E-state index contributed by atoms with van der Waals surface area (Å²) in [5.41, 5.74) is 2.11. The topological polar surface area (TPSA) is 60.7 Å². The van der Waals surface area contributed by atoms with Crippen molar-refractivity contribution in [3.8, 4) is 0 Å². The van der Waals surface area contributed by atoms with Crippen molar-refractivity contribution in [3.63, 3.8) is 0 Å². The van der Waals surface area contributed by atoms with Crippen molar-refractivity contribution in [2.24, 2.45) is 22.7 Å². The van der Waals surface area contributed by atoms with Gasteiger partial charge in [-0.3, -0.25) is 0 Å². The van der Waals surface area contributed by atoms with Gasteiger partial charge < -0.3 is 15.3 Å². The molecule has 132 valence electrons. The Morgan fingerprint density at radius 2 is 1.96 bits per heavy atom. The van der Waals surface area contributed by atoms with Crippen LogP contribution in [0.25, 0.3) is 0 Å². The van der Waals surface area contributed by atoms with Crippen LogP contribution in [0.4, 0.5) is 0 Å². The molecular formula is C20H34O3. The lowest BCUT2D eigenvalue weighted by molar-refractivity contribution is -0.125. The van der Waals surface area contributed by atoms with E-state index in [-0.39, 0.29) is 23.5 Å². The molecule has 5 atom stereocenters. The van der Waals surface area contributed by atoms with Crippen molar-refractivity contribution >= 4 is 0 Å². The summed E-state index contributed by atoms with van der Waals surface area (Å²) < 4.78 is 0. The van der Waals surface area contributed by atoms with Crippen LogP contribution in [-0.2, 0) is 0 Å². The van der Waals surface area contributed by atoms with E-state index in [0.717, 1.165) is 38.5 Å². The lowest BCUT2D eigenvalue weighted by Crippen LogP contribution is -2.54. The Hall–Kier alpha value is -0.640. The van der Waals surface area contributed by atoms with Gasteiger partial charge in [-0.2, -0.15) is 0 Å². The van der Waals surface area contributed by atoms with Gasteiger partial charge in [0.2, 0.25) is 0 Å². The molecule has 2 fully saturated rings. The highest BCUT2D eigenvalue weighted by molar-refractivity contribution is 5.18. The van der Waals surface area contributed by atoms with Gasteiger partial charge in [-0.15, -0.1) is 0 Å². The minimum Gasteiger partial charge on any atom is -0.393 e. The molecule has 0 aliphatic heterocycles. The molecule has 0 unspecified atom stereocenters. The Bertz CT molecular complexity index is 468. The fourth-order valence-corrected chi connectivity index (χ4v) is 5.32. The third-order valence-electron chi connectivity index (χ3n) is 6.95. The second-order valence-corrected chi connectivity index (χ2v) is 8.58. The van der Waals surface area contributed by atoms with Crippen LogP contribution >= 0.6 is 0 Å². The van der Waals surface area contributed by atoms with E-state index >= 15 is 0 Å². The average molecular weight is 322 g/mol. The number of hydrogen-bond donors (Lipinski definition) is 3. The minimum absolute atomic E-state index is 0.0619. The maximum absolute atomic E-state index is 10.5. The predicted octanol–water partition coefficient (Wildman–Crippen LogP) is 3.45. The third-order valence-corrected chi connectivity index (χ3v) is 6.95. The highest BCUT2D eigenvalue weighted by Gasteiger charge is 2.55. The van der Waals surface area contributed by atoms with Gasteiger partial charge in [0.25, 0.3) is 0 Å². The highest BCUT2D eigenvalue weighted by Crippen LogP contribution is 2.61. The van der Waals surface area contributed by atoms with Crippen LogP contribution in [0.15, 0.2) is 24.3 Å². The Balaban J connectivity index is 2.18. The zero-order valence-corrected chi connectivity index (χ0v) is 15.0. The number of rotatable bonds is 5. The monoisotopic (exact) mass is 322 g/mol. The normalized spacial score (nSPS) is 38.0. The molecule has 0 saturated heterocycles. The molecule has 2 saturated carbocycles. The predicted molar refractivity (Wildman–Crippen MR) is 93.9 cm³/mol. The average Bonchev–Trinajstić information content (AvgIpc) is 2.49. The molecule has 0 aromatic rings. The van der Waals surface area contributed by atoms with Crippen LogP contribution in [0.3, 0.4) is 0 Å². The van der Waals surface area contributed by atoms with Gasteiger partial charge >= 0.3 is 0 Å². The Kier molecular flexibility index (Phi) is 5.44. The zero-order chi connectivity index (χ0) is 17.4. The molecule has 0 bridgehead atoms. The molecule has 3 nitrogen and oxygen atoms in total. The van der Waals surface area contributed by atoms with Crippen LogP contribution in [-0.4, -0.2) is 34.1 Å². The minimum atomic E-state index is -0.819. The van der Waals surface area contributed by atoms with Crippen LogP contribution in [0.2, 0.25) is 0 Å². The first kappa shape index (κ1) is 18.7. The van der Waals surface area contributed by atoms with Crippen molar-refractivity contribution in [2.75, 3.05) is 6.61 Å². The molecule has 3 heteroatoms. The fraction of sp³-hybridized carbons (Fsp3) is 0.800. The van der Waals surface area contributed by atoms with Crippen molar-refractivity contribution in [2.45, 2.75) is 71.5 Å². The maximum atomic E-state index is 10.5. The van der Waals surface area contributed by atoms with Crippen molar-refractivity contribution in [3.05, 3.63) is 24.3 Å². The number of aliphatic hydroxyl groups is 3.